The number of aromatic nitrogens is 5. The normalized spacial score (nSPS) is 12.6. The van der Waals surface area contributed by atoms with Crippen LogP contribution in [0.25, 0.3) is 39.2 Å². The van der Waals surface area contributed by atoms with Gasteiger partial charge in [-0.15, -0.1) is 15.0 Å². The number of amides is 1. The van der Waals surface area contributed by atoms with Gasteiger partial charge in [0.05, 0.1) is 50.8 Å². The summed E-state index contributed by atoms with van der Waals surface area (Å²) >= 11 is 0. The highest BCUT2D eigenvalue weighted by atomic mass is 16.5. The van der Waals surface area contributed by atoms with Gasteiger partial charge >= 0.3 is 0 Å². The van der Waals surface area contributed by atoms with Crippen LogP contribution in [0.2, 0.25) is 0 Å². The molecule has 0 saturated heterocycles. The molecule has 0 radical (unpaired) electrons. The highest BCUT2D eigenvalue weighted by Crippen LogP contribution is 2.38. The van der Waals surface area contributed by atoms with E-state index in [0.717, 1.165) is 55.1 Å². The van der Waals surface area contributed by atoms with Crippen molar-refractivity contribution in [1.29, 1.82) is 0 Å². The fraction of sp³-hybridized carbons (Fsp3) is 0.209. The summed E-state index contributed by atoms with van der Waals surface area (Å²) in [6.07, 6.45) is 5.19. The Kier molecular flexibility index (Phi) is 10.3. The van der Waals surface area contributed by atoms with Crippen LogP contribution in [0.15, 0.2) is 107 Å². The summed E-state index contributed by atoms with van der Waals surface area (Å²) in [6, 6.07) is 25.5. The van der Waals surface area contributed by atoms with Gasteiger partial charge in [-0.1, -0.05) is 18.2 Å². The molecule has 0 spiro atoms. The minimum absolute atomic E-state index is 0.174. The first-order chi connectivity index (χ1) is 27.8. The van der Waals surface area contributed by atoms with E-state index >= 15 is 0 Å². The van der Waals surface area contributed by atoms with Crippen molar-refractivity contribution < 1.29 is 28.2 Å². The third-order valence-corrected chi connectivity index (χ3v) is 10.1. The van der Waals surface area contributed by atoms with Crippen molar-refractivity contribution in [2.75, 3.05) is 46.8 Å². The second-order valence-electron chi connectivity index (χ2n) is 13.4. The quantitative estimate of drug-likeness (QED) is 0.147. The zero-order valence-corrected chi connectivity index (χ0v) is 31.8. The highest BCUT2D eigenvalue weighted by Gasteiger charge is 2.22. The van der Waals surface area contributed by atoms with Crippen molar-refractivity contribution in [3.05, 3.63) is 130 Å². The van der Waals surface area contributed by atoms with Gasteiger partial charge in [0, 0.05) is 44.2 Å². The van der Waals surface area contributed by atoms with E-state index in [9.17, 15) is 9.59 Å². The van der Waals surface area contributed by atoms with Gasteiger partial charge in [-0.3, -0.25) is 19.5 Å². The second kappa shape index (κ2) is 16.0. The first-order valence-electron chi connectivity index (χ1n) is 18.3. The number of tetrazole rings is 1. The Morgan fingerprint density at radius 1 is 0.789 bits per heavy atom. The van der Waals surface area contributed by atoms with Crippen molar-refractivity contribution >= 4 is 22.6 Å². The van der Waals surface area contributed by atoms with Gasteiger partial charge in [-0.2, -0.15) is 0 Å². The smallest absolute Gasteiger partial charge is 0.291 e. The topological polar surface area (TPSA) is 156 Å². The van der Waals surface area contributed by atoms with E-state index in [-0.39, 0.29) is 22.6 Å². The van der Waals surface area contributed by atoms with Crippen LogP contribution in [0.1, 0.15) is 27.2 Å². The van der Waals surface area contributed by atoms with E-state index in [1.54, 1.807) is 50.9 Å². The number of fused-ring (bicyclic) bond motifs is 2. The molecule has 0 unspecified atom stereocenters. The van der Waals surface area contributed by atoms with Gasteiger partial charge < -0.3 is 28.7 Å². The average molecular weight is 766 g/mol. The number of carbonyl (C=O) groups is 1. The number of benzene rings is 4. The largest absolute Gasteiger partial charge is 0.493 e. The van der Waals surface area contributed by atoms with Crippen LogP contribution in [-0.2, 0) is 19.4 Å². The third kappa shape index (κ3) is 7.62. The molecular formula is C43H39N7O7. The van der Waals surface area contributed by atoms with Gasteiger partial charge in [-0.25, -0.2) is 0 Å². The fourth-order valence-electron chi connectivity index (χ4n) is 6.99. The summed E-state index contributed by atoms with van der Waals surface area (Å²) in [5.41, 5.74) is 6.78. The summed E-state index contributed by atoms with van der Waals surface area (Å²) in [7, 11) is 6.32. The zero-order valence-electron chi connectivity index (χ0n) is 31.8. The molecule has 0 saturated carbocycles. The number of anilines is 1. The second-order valence-corrected chi connectivity index (χ2v) is 13.4. The molecule has 1 aliphatic heterocycles. The molecule has 4 aromatic carbocycles. The average Bonchev–Trinajstić information content (AvgIpc) is 3.75. The molecule has 1 aliphatic rings. The lowest BCUT2D eigenvalue weighted by molar-refractivity contribution is 0.0997. The maximum atomic E-state index is 13.7. The molecule has 14 heteroatoms. The predicted molar refractivity (Wildman–Crippen MR) is 214 cm³/mol. The van der Waals surface area contributed by atoms with E-state index in [2.05, 4.69) is 54.9 Å². The SMILES string of the molecule is COc1cc2c(cc1OC)CN(CCc1ccc(-n3nnc(-c4cc(OC)c(OC)cc4NC(=O)c4cc(=O)c5cc(-c6ccncc6)ccc5o4)n3)cc1)CC2. The molecule has 8 rings (SSSR count). The molecule has 1 N–H and O–H groups in total. The molecule has 288 valence electrons. The maximum absolute atomic E-state index is 13.7. The number of carbonyl (C=O) groups excluding carboxylic acids is 1. The summed E-state index contributed by atoms with van der Waals surface area (Å²) < 4.78 is 28.0. The van der Waals surface area contributed by atoms with Gasteiger partial charge in [0.1, 0.15) is 5.58 Å². The van der Waals surface area contributed by atoms with Gasteiger partial charge in [0.25, 0.3) is 5.91 Å². The molecule has 14 nitrogen and oxygen atoms in total. The minimum atomic E-state index is -0.655. The van der Waals surface area contributed by atoms with Crippen molar-refractivity contribution in [2.45, 2.75) is 19.4 Å². The monoisotopic (exact) mass is 765 g/mol. The summed E-state index contributed by atoms with van der Waals surface area (Å²) in [5, 5.41) is 16.5. The maximum Gasteiger partial charge on any atom is 0.291 e. The first-order valence-corrected chi connectivity index (χ1v) is 18.3. The Bertz CT molecular complexity index is 2640. The van der Waals surface area contributed by atoms with Gasteiger partial charge in [0.2, 0.25) is 5.82 Å². The van der Waals surface area contributed by atoms with E-state index in [0.29, 0.717) is 33.8 Å². The van der Waals surface area contributed by atoms with Gasteiger partial charge in [-0.05, 0) is 100 Å². The van der Waals surface area contributed by atoms with Crippen molar-refractivity contribution in [2.24, 2.45) is 0 Å². The number of ether oxygens (including phenoxy) is 4. The first kappa shape index (κ1) is 36.9. The fourth-order valence-corrected chi connectivity index (χ4v) is 6.99. The van der Waals surface area contributed by atoms with E-state index in [1.807, 2.05) is 30.3 Å². The molecule has 0 aliphatic carbocycles. The summed E-state index contributed by atoms with van der Waals surface area (Å²) in [4.78, 5) is 34.8. The number of nitrogens with one attached hydrogen (secondary N) is 1. The van der Waals surface area contributed by atoms with E-state index in [1.165, 1.54) is 41.8 Å². The Morgan fingerprint density at radius 3 is 2.23 bits per heavy atom. The van der Waals surface area contributed by atoms with Crippen molar-refractivity contribution in [3.8, 4) is 51.2 Å². The van der Waals surface area contributed by atoms with Crippen LogP contribution in [-0.4, -0.2) is 77.5 Å². The third-order valence-electron chi connectivity index (χ3n) is 10.1. The van der Waals surface area contributed by atoms with Crippen LogP contribution >= 0.6 is 0 Å². The molecule has 0 bridgehead atoms. The lowest BCUT2D eigenvalue weighted by atomic mass is 9.98. The number of hydrogen-bond acceptors (Lipinski definition) is 12. The zero-order chi connectivity index (χ0) is 39.5. The molecule has 1 amide bonds. The summed E-state index contributed by atoms with van der Waals surface area (Å²) in [6.45, 7) is 2.72. The number of pyridine rings is 1. The van der Waals surface area contributed by atoms with E-state index in [4.69, 9.17) is 23.4 Å². The van der Waals surface area contributed by atoms with Crippen LogP contribution in [0.4, 0.5) is 5.69 Å². The number of hydrogen-bond donors (Lipinski definition) is 1. The van der Waals surface area contributed by atoms with Crippen molar-refractivity contribution in [1.82, 2.24) is 30.1 Å². The number of nitrogens with zero attached hydrogens (tertiary/aromatic N) is 6. The standard InChI is InChI=1S/C43H39N7O7/c1-53-37-20-29-14-18-49(25-30(29)21-38(37)54-2)17-13-26-5-8-31(9-6-26)50-47-42(46-48-50)32-22-39(55-3)40(56-4)23-34(32)45-43(52)41-24-35(51)33-19-28(7-10-36(33)57-41)27-11-15-44-16-12-27/h5-12,15-16,19-24H,13-14,17-18,25H2,1-4H3,(H,45,52). The highest BCUT2D eigenvalue weighted by molar-refractivity contribution is 6.05. The molecule has 57 heavy (non-hydrogen) atoms. The van der Waals surface area contributed by atoms with Crippen LogP contribution < -0.4 is 29.7 Å². The lowest BCUT2D eigenvalue weighted by Crippen LogP contribution is -2.32. The molecule has 7 aromatic rings. The molecule has 0 fully saturated rings. The van der Waals surface area contributed by atoms with Crippen LogP contribution in [0.5, 0.6) is 23.0 Å². The van der Waals surface area contributed by atoms with Crippen LogP contribution in [0, 0.1) is 0 Å². The number of methoxy groups -OCH3 is 4. The van der Waals surface area contributed by atoms with Crippen LogP contribution in [0.3, 0.4) is 0 Å². The van der Waals surface area contributed by atoms with Crippen molar-refractivity contribution in [3.63, 3.8) is 0 Å². The Hall–Kier alpha value is -7.06. The lowest BCUT2D eigenvalue weighted by Gasteiger charge is -2.29. The minimum Gasteiger partial charge on any atom is -0.493 e. The Morgan fingerprint density at radius 2 is 1.49 bits per heavy atom. The molecular weight excluding hydrogens is 727 g/mol. The summed E-state index contributed by atoms with van der Waals surface area (Å²) in [5.74, 6) is 1.66. The predicted octanol–water partition coefficient (Wildman–Crippen LogP) is 6.39. The Balaban J connectivity index is 0.988. The van der Waals surface area contributed by atoms with Gasteiger partial charge in [0.15, 0.2) is 34.2 Å². The molecule has 0 atom stereocenters. The Labute approximate surface area is 327 Å². The number of rotatable bonds is 12. The molecule has 3 aromatic heterocycles. The van der Waals surface area contributed by atoms with E-state index < -0.39 is 5.91 Å². The molecule has 4 heterocycles.